The van der Waals surface area contributed by atoms with E-state index in [1.807, 2.05) is 12.1 Å². The van der Waals surface area contributed by atoms with Gasteiger partial charge in [0, 0.05) is 25.2 Å². The quantitative estimate of drug-likeness (QED) is 0.533. The molecule has 1 aromatic carbocycles. The molecule has 1 aliphatic carbocycles. The number of aliphatic carboxylic acids is 1. The number of anilines is 1. The Bertz CT molecular complexity index is 1210. The Morgan fingerprint density at radius 2 is 1.82 bits per heavy atom. The Hall–Kier alpha value is -3.20. The molecule has 9 heteroatoms. The van der Waals surface area contributed by atoms with Crippen molar-refractivity contribution in [3.8, 4) is 11.3 Å². The van der Waals surface area contributed by atoms with Crippen LogP contribution >= 0.6 is 0 Å². The van der Waals surface area contributed by atoms with Gasteiger partial charge in [-0.25, -0.2) is 4.98 Å². The third-order valence-corrected chi connectivity index (χ3v) is 7.62. The first-order valence-electron chi connectivity index (χ1n) is 11.0. The van der Waals surface area contributed by atoms with E-state index >= 15 is 0 Å². The summed E-state index contributed by atoms with van der Waals surface area (Å²) >= 11 is 0. The summed E-state index contributed by atoms with van der Waals surface area (Å²) < 4.78 is 29.3. The highest BCUT2D eigenvalue weighted by atomic mass is 32.2. The van der Waals surface area contributed by atoms with E-state index in [0.717, 1.165) is 36.9 Å². The van der Waals surface area contributed by atoms with Crippen LogP contribution in [-0.4, -0.2) is 34.0 Å². The van der Waals surface area contributed by atoms with E-state index in [-0.39, 0.29) is 11.4 Å². The Kier molecular flexibility index (Phi) is 6.51. The molecular weight excluding hydrogens is 440 g/mol. The maximum Gasteiger partial charge on any atom is 0.303 e. The van der Waals surface area contributed by atoms with Gasteiger partial charge in [-0.3, -0.25) is 14.5 Å². The van der Waals surface area contributed by atoms with Crippen molar-refractivity contribution >= 4 is 21.7 Å². The number of carboxylic acid groups (broad SMARTS) is 1. The molecule has 1 aliphatic rings. The number of rotatable bonds is 7. The van der Waals surface area contributed by atoms with Crippen molar-refractivity contribution in [2.45, 2.75) is 50.0 Å². The van der Waals surface area contributed by atoms with E-state index in [1.165, 1.54) is 18.0 Å². The summed E-state index contributed by atoms with van der Waals surface area (Å²) in [5.41, 5.74) is 3.34. The largest absolute Gasteiger partial charge is 0.481 e. The van der Waals surface area contributed by atoms with Gasteiger partial charge in [-0.1, -0.05) is 24.3 Å². The second-order valence-corrected chi connectivity index (χ2v) is 10.3. The average molecular weight is 469 g/mol. The second-order valence-electron chi connectivity index (χ2n) is 8.71. The van der Waals surface area contributed by atoms with E-state index in [1.54, 1.807) is 30.7 Å². The number of imidazole rings is 1. The molecule has 0 atom stereocenters. The molecule has 0 spiro atoms. The molecule has 2 heterocycles. The number of nitrogens with zero attached hydrogens (tertiary/aromatic N) is 3. The highest BCUT2D eigenvalue weighted by Crippen LogP contribution is 2.37. The van der Waals surface area contributed by atoms with Gasteiger partial charge in [0.1, 0.15) is 5.82 Å². The Morgan fingerprint density at radius 1 is 1.12 bits per heavy atom. The number of carboxylic acids is 1. The number of benzene rings is 1. The third-order valence-electron chi connectivity index (χ3n) is 6.37. The molecule has 4 rings (SSSR count). The normalized spacial score (nSPS) is 18.7. The first kappa shape index (κ1) is 23.0. The van der Waals surface area contributed by atoms with Crippen molar-refractivity contribution in [2.75, 3.05) is 4.72 Å². The van der Waals surface area contributed by atoms with Gasteiger partial charge in [0.15, 0.2) is 5.03 Å². The van der Waals surface area contributed by atoms with Gasteiger partial charge in [-0.05, 0) is 62.1 Å². The van der Waals surface area contributed by atoms with Crippen LogP contribution in [0.25, 0.3) is 11.3 Å². The van der Waals surface area contributed by atoms with E-state index in [0.29, 0.717) is 23.3 Å². The van der Waals surface area contributed by atoms with Gasteiger partial charge in [0.25, 0.3) is 10.0 Å². The van der Waals surface area contributed by atoms with E-state index in [9.17, 15) is 13.2 Å². The highest BCUT2D eigenvalue weighted by molar-refractivity contribution is 7.92. The van der Waals surface area contributed by atoms with Crippen molar-refractivity contribution < 1.29 is 18.3 Å². The van der Waals surface area contributed by atoms with Crippen LogP contribution in [0.15, 0.2) is 53.8 Å². The fraction of sp³-hybridized carbons (Fsp3) is 0.375. The summed E-state index contributed by atoms with van der Waals surface area (Å²) in [7, 11) is -2.03. The lowest BCUT2D eigenvalue weighted by molar-refractivity contribution is -0.138. The second kappa shape index (κ2) is 9.35. The summed E-state index contributed by atoms with van der Waals surface area (Å²) in [6.07, 6.45) is 7.18. The number of aryl methyl sites for hydroxylation is 2. The van der Waals surface area contributed by atoms with Crippen LogP contribution in [0.5, 0.6) is 0 Å². The Labute approximate surface area is 193 Å². The minimum Gasteiger partial charge on any atom is -0.481 e. The minimum atomic E-state index is -3.78. The summed E-state index contributed by atoms with van der Waals surface area (Å²) in [4.78, 5) is 19.4. The maximum absolute atomic E-state index is 12.5. The first-order valence-corrected chi connectivity index (χ1v) is 12.5. The number of carbonyl (C=O) groups is 1. The van der Waals surface area contributed by atoms with Crippen molar-refractivity contribution in [3.63, 3.8) is 0 Å². The summed E-state index contributed by atoms with van der Waals surface area (Å²) in [5.74, 6) is 0.658. The zero-order valence-electron chi connectivity index (χ0n) is 18.7. The molecule has 174 valence electrons. The molecule has 2 aromatic heterocycles. The number of sulfonamides is 1. The SMILES string of the molecule is Cc1nc(S(=O)(=O)Nc2ccc(-c3ccc(C4CCC(CC(=O)O)CC4)cc3)nc2)cn1C. The lowest BCUT2D eigenvalue weighted by atomic mass is 9.77. The molecule has 2 N–H and O–H groups in total. The van der Waals surface area contributed by atoms with Gasteiger partial charge in [-0.2, -0.15) is 8.42 Å². The summed E-state index contributed by atoms with van der Waals surface area (Å²) in [6.45, 7) is 1.74. The van der Waals surface area contributed by atoms with Crippen LogP contribution in [-0.2, 0) is 21.9 Å². The van der Waals surface area contributed by atoms with Crippen molar-refractivity contribution in [2.24, 2.45) is 13.0 Å². The molecule has 0 radical (unpaired) electrons. The molecule has 0 aliphatic heterocycles. The smallest absolute Gasteiger partial charge is 0.303 e. The van der Waals surface area contributed by atoms with Gasteiger partial charge in [0.2, 0.25) is 0 Å². The molecule has 1 saturated carbocycles. The zero-order chi connectivity index (χ0) is 23.6. The molecule has 3 aromatic rings. The lowest BCUT2D eigenvalue weighted by Crippen LogP contribution is -2.16. The molecule has 1 fully saturated rings. The minimum absolute atomic E-state index is 0.0286. The van der Waals surface area contributed by atoms with Crippen molar-refractivity contribution in [3.05, 3.63) is 60.2 Å². The van der Waals surface area contributed by atoms with Crippen LogP contribution in [0, 0.1) is 12.8 Å². The van der Waals surface area contributed by atoms with Crippen molar-refractivity contribution in [1.29, 1.82) is 0 Å². The molecule has 8 nitrogen and oxygen atoms in total. The van der Waals surface area contributed by atoms with E-state index < -0.39 is 16.0 Å². The molecule has 33 heavy (non-hydrogen) atoms. The lowest BCUT2D eigenvalue weighted by Gasteiger charge is -2.28. The Morgan fingerprint density at radius 3 is 2.36 bits per heavy atom. The van der Waals surface area contributed by atoms with Crippen LogP contribution < -0.4 is 4.72 Å². The molecular formula is C24H28N4O4S. The fourth-order valence-electron chi connectivity index (χ4n) is 4.36. The average Bonchev–Trinajstić information content (AvgIpc) is 3.14. The standard InChI is InChI=1S/C24H28N4O4S/c1-16-26-23(15-28(16)2)33(31,32)27-21-11-12-22(25-14-21)20-9-7-19(8-10-20)18-5-3-17(4-6-18)13-24(29)30/h7-12,14-15,17-18,27H,3-6,13H2,1-2H3,(H,29,30). The predicted molar refractivity (Wildman–Crippen MR) is 125 cm³/mol. The summed E-state index contributed by atoms with van der Waals surface area (Å²) in [5, 5.41) is 8.95. The highest BCUT2D eigenvalue weighted by Gasteiger charge is 2.24. The third kappa shape index (κ3) is 5.42. The maximum atomic E-state index is 12.5. The van der Waals surface area contributed by atoms with Gasteiger partial charge in [-0.15, -0.1) is 0 Å². The van der Waals surface area contributed by atoms with Crippen LogP contribution in [0.4, 0.5) is 5.69 Å². The van der Waals surface area contributed by atoms with Gasteiger partial charge < -0.3 is 9.67 Å². The molecule has 0 bridgehead atoms. The number of aromatic nitrogens is 3. The topological polar surface area (TPSA) is 114 Å². The molecule has 0 amide bonds. The summed E-state index contributed by atoms with van der Waals surface area (Å²) in [6, 6.07) is 11.8. The fourth-order valence-corrected chi connectivity index (χ4v) is 5.45. The van der Waals surface area contributed by atoms with Crippen LogP contribution in [0.1, 0.15) is 49.4 Å². The Balaban J connectivity index is 1.39. The van der Waals surface area contributed by atoms with E-state index in [2.05, 4.69) is 26.8 Å². The van der Waals surface area contributed by atoms with Gasteiger partial charge in [0.05, 0.1) is 17.6 Å². The zero-order valence-corrected chi connectivity index (χ0v) is 19.5. The number of hydrogen-bond donors (Lipinski definition) is 2. The first-order chi connectivity index (χ1) is 15.7. The number of hydrogen-bond acceptors (Lipinski definition) is 5. The monoisotopic (exact) mass is 468 g/mol. The number of pyridine rings is 1. The number of nitrogens with one attached hydrogen (secondary N) is 1. The molecule has 0 saturated heterocycles. The van der Waals surface area contributed by atoms with E-state index in [4.69, 9.17) is 5.11 Å². The molecule has 0 unspecified atom stereocenters. The predicted octanol–water partition coefficient (Wildman–Crippen LogP) is 4.34. The van der Waals surface area contributed by atoms with Crippen LogP contribution in [0.3, 0.4) is 0 Å². The van der Waals surface area contributed by atoms with Crippen molar-refractivity contribution in [1.82, 2.24) is 14.5 Å². The van der Waals surface area contributed by atoms with Gasteiger partial charge >= 0.3 is 5.97 Å². The van der Waals surface area contributed by atoms with Crippen LogP contribution in [0.2, 0.25) is 0 Å².